The van der Waals surface area contributed by atoms with Crippen molar-refractivity contribution in [3.8, 4) is 51.5 Å². The highest BCUT2D eigenvalue weighted by molar-refractivity contribution is 7.18. The van der Waals surface area contributed by atoms with Gasteiger partial charge < -0.3 is 43.0 Å². The molecule has 0 fully saturated rings. The third-order valence-electron chi connectivity index (χ3n) is 14.1. The molecule has 0 unspecified atom stereocenters. The molecule has 0 radical (unpaired) electrons. The molecule has 0 saturated carbocycles. The van der Waals surface area contributed by atoms with Gasteiger partial charge in [0.05, 0.1) is 79.6 Å². The number of thiazole rings is 1. The lowest BCUT2D eigenvalue weighted by molar-refractivity contribution is 0.261. The van der Waals surface area contributed by atoms with Crippen LogP contribution in [0, 0.1) is 11.6 Å². The Labute approximate surface area is 562 Å². The van der Waals surface area contributed by atoms with Crippen molar-refractivity contribution >= 4 is 44.2 Å². The predicted molar refractivity (Wildman–Crippen MR) is 381 cm³/mol. The Kier molecular flexibility index (Phi) is 28.0. The number of methoxy groups -OCH3 is 6. The minimum absolute atomic E-state index is 0.0207. The Hall–Kier alpha value is -7.60. The highest BCUT2D eigenvalue weighted by atomic mass is 35.5. The normalized spacial score (nSPS) is 11.7. The number of nitrogens with zero attached hydrogens (tertiary/aromatic N) is 6. The topological polar surface area (TPSA) is 148 Å². The lowest BCUT2D eigenvalue weighted by atomic mass is 9.86. The number of ether oxygens (including phenoxy) is 7. The fraction of sp³-hybridized carbons (Fsp3) is 0.453. The van der Waals surface area contributed by atoms with E-state index in [9.17, 15) is 8.78 Å². The zero-order valence-electron chi connectivity index (χ0n) is 60.0. The van der Waals surface area contributed by atoms with E-state index in [1.807, 2.05) is 122 Å². The highest BCUT2D eigenvalue weighted by Gasteiger charge is 2.24. The first-order chi connectivity index (χ1) is 43.2. The summed E-state index contributed by atoms with van der Waals surface area (Å²) in [5.74, 6) is 5.81. The van der Waals surface area contributed by atoms with Crippen LogP contribution in [-0.4, -0.2) is 105 Å². The van der Waals surface area contributed by atoms with Gasteiger partial charge in [0.25, 0.3) is 0 Å². The molecule has 0 atom stereocenters. The number of nitrogens with one attached hydrogen (secondary N) is 1. The van der Waals surface area contributed by atoms with E-state index in [0.29, 0.717) is 40.6 Å². The van der Waals surface area contributed by atoms with Crippen LogP contribution in [0.1, 0.15) is 158 Å². The van der Waals surface area contributed by atoms with E-state index in [1.165, 1.54) is 40.6 Å². The van der Waals surface area contributed by atoms with Crippen molar-refractivity contribution in [2.24, 2.45) is 0 Å². The number of hydrogen-bond donors (Lipinski definition) is 1. The Bertz CT molecular complexity index is 3730. The van der Waals surface area contributed by atoms with Crippen molar-refractivity contribution in [3.05, 3.63) is 166 Å². The van der Waals surface area contributed by atoms with Crippen molar-refractivity contribution in [3.63, 3.8) is 0 Å². The van der Waals surface area contributed by atoms with E-state index in [-0.39, 0.29) is 43.3 Å². The summed E-state index contributed by atoms with van der Waals surface area (Å²) in [5, 5.41) is 1.28. The quantitative estimate of drug-likeness (QED) is 0.131. The van der Waals surface area contributed by atoms with Gasteiger partial charge in [-0.3, -0.25) is 4.98 Å². The molecule has 1 N–H and O–H groups in total. The van der Waals surface area contributed by atoms with Crippen LogP contribution in [0.2, 0.25) is 5.02 Å². The van der Waals surface area contributed by atoms with Crippen molar-refractivity contribution in [2.75, 3.05) is 69.9 Å². The van der Waals surface area contributed by atoms with Gasteiger partial charge in [0.1, 0.15) is 29.8 Å². The number of likely N-dealkylation sites (N-methyl/N-ethyl adjacent to an activating group) is 1. The maximum absolute atomic E-state index is 13.3. The summed E-state index contributed by atoms with van der Waals surface area (Å²) in [6.07, 6.45) is 5.38. The number of pyridine rings is 1. The summed E-state index contributed by atoms with van der Waals surface area (Å²) >= 11 is 7.44. The smallest absolute Gasteiger partial charge is 0.203 e. The third-order valence-corrected chi connectivity index (χ3v) is 15.9. The summed E-state index contributed by atoms with van der Waals surface area (Å²) in [6.45, 7) is 39.8. The number of imidazole rings is 1. The van der Waals surface area contributed by atoms with Gasteiger partial charge in [-0.15, -0.1) is 11.3 Å². The van der Waals surface area contributed by atoms with E-state index in [4.69, 9.17) is 44.8 Å². The first-order valence-corrected chi connectivity index (χ1v) is 32.0. The average molecular weight is 1320 g/mol. The maximum atomic E-state index is 13.3. The second-order valence-corrected chi connectivity index (χ2v) is 29.9. The average Bonchev–Trinajstić information content (AvgIpc) is 1.78. The predicted octanol–water partition coefficient (Wildman–Crippen LogP) is 19.2. The second kappa shape index (κ2) is 33.5. The zero-order chi connectivity index (χ0) is 70.0. The standard InChI is InChI=1S/C15H22N2OS.C13H15N3.C13H20O3.C12H18O2.C11H12ClFN2.C11H15FO/c1-15(2,3)14-16-12-7-6-11(10-13(12)19-14)18-9-8-17(4)5;1-13(2,3)12-15-8-6-11(16-12)10-5-4-7-14-9-10;1-13(2,3)9-7-10(14-4)12(16-6)11(8-9)15-5;1-12(2,3)9-6-7-10(13-4)11(8-9)14-5;1-11(2,3)10-14-8-4-6(12)7(13)5-9(8)15-10;1-11(2,3)8-5-6-10(13-4)9(12)7-8/h6-7,10H,8-9H2,1-5H3;4-9H,1-3H3;7-8H,1-6H3;6-8H,1-5H3;4-5H,1-3H3,(H,14,15);5-7H,1-4H3. The van der Waals surface area contributed by atoms with E-state index in [2.05, 4.69) is 130 Å². The molecular weight excluding hydrogens is 1220 g/mol. The number of aromatic nitrogens is 6. The van der Waals surface area contributed by atoms with Gasteiger partial charge in [-0.25, -0.2) is 28.7 Å². The number of halogens is 3. The molecule has 93 heavy (non-hydrogen) atoms. The molecule has 4 heterocycles. The fourth-order valence-electron chi connectivity index (χ4n) is 8.37. The van der Waals surface area contributed by atoms with Crippen LogP contribution in [0.15, 0.2) is 116 Å². The minimum atomic E-state index is -0.423. The van der Waals surface area contributed by atoms with Crippen LogP contribution in [-0.2, 0) is 32.5 Å². The molecular formula is C75H102ClF2N7O7S. The van der Waals surface area contributed by atoms with Crippen molar-refractivity contribution in [1.82, 2.24) is 34.8 Å². The van der Waals surface area contributed by atoms with Crippen LogP contribution in [0.4, 0.5) is 8.78 Å². The molecule has 14 nitrogen and oxygen atoms in total. The van der Waals surface area contributed by atoms with Gasteiger partial charge >= 0.3 is 0 Å². The monoisotopic (exact) mass is 1320 g/mol. The number of H-pyrrole nitrogens is 1. The molecule has 0 aliphatic rings. The lowest BCUT2D eigenvalue weighted by Crippen LogP contribution is -2.19. The molecule has 0 aliphatic heterocycles. The van der Waals surface area contributed by atoms with E-state index in [0.717, 1.165) is 63.3 Å². The van der Waals surface area contributed by atoms with Gasteiger partial charge in [0, 0.05) is 53.0 Å². The summed E-state index contributed by atoms with van der Waals surface area (Å²) in [6, 6.07) is 30.0. The largest absolute Gasteiger partial charge is 0.494 e. The SMILES string of the molecule is CC(C)(C)c1nc2cc(Cl)c(F)cc2[nH]1.CC(C)(C)c1nccc(-c2cccnc2)n1.CN(C)CCOc1ccc2nc(C(C)(C)C)sc2c1.COc1cc(C(C)(C)C)cc(OC)c1OC.COc1ccc(C(C)(C)C)cc1F.COc1ccc(C(C)(C)C)cc1OC. The number of fused-ring (bicyclic) bond motifs is 2. The minimum Gasteiger partial charge on any atom is -0.494 e. The molecule has 506 valence electrons. The summed E-state index contributed by atoms with van der Waals surface area (Å²) in [7, 11) is 13.7. The molecule has 0 bridgehead atoms. The van der Waals surface area contributed by atoms with Crippen LogP contribution >= 0.6 is 22.9 Å². The summed E-state index contributed by atoms with van der Waals surface area (Å²) in [5.41, 5.74) is 7.93. The third kappa shape index (κ3) is 23.7. The summed E-state index contributed by atoms with van der Waals surface area (Å²) < 4.78 is 64.5. The molecule has 0 spiro atoms. The van der Waals surface area contributed by atoms with Crippen molar-refractivity contribution in [1.29, 1.82) is 0 Å². The number of hydrogen-bond acceptors (Lipinski definition) is 14. The molecule has 0 amide bonds. The molecule has 0 saturated heterocycles. The Balaban J connectivity index is 0.000000239. The van der Waals surface area contributed by atoms with Crippen LogP contribution in [0.5, 0.6) is 40.2 Å². The van der Waals surface area contributed by atoms with Gasteiger partial charge in [0.15, 0.2) is 34.6 Å². The first-order valence-electron chi connectivity index (χ1n) is 30.8. The summed E-state index contributed by atoms with van der Waals surface area (Å²) in [4.78, 5) is 27.2. The maximum Gasteiger partial charge on any atom is 0.203 e. The van der Waals surface area contributed by atoms with Gasteiger partial charge in [-0.2, -0.15) is 0 Å². The number of aromatic amines is 1. The Morgan fingerprint density at radius 1 is 0.505 bits per heavy atom. The van der Waals surface area contributed by atoms with Crippen LogP contribution < -0.4 is 33.2 Å². The number of rotatable bonds is 11. The molecule has 0 aliphatic carbocycles. The van der Waals surface area contributed by atoms with Crippen molar-refractivity contribution < 1.29 is 41.9 Å². The Morgan fingerprint density at radius 2 is 1.06 bits per heavy atom. The van der Waals surface area contributed by atoms with E-state index < -0.39 is 5.82 Å². The fourth-order valence-corrected chi connectivity index (χ4v) is 9.58. The highest BCUT2D eigenvalue weighted by Crippen LogP contribution is 2.42. The first kappa shape index (κ1) is 77.8. The molecule has 9 rings (SSSR count). The molecule has 18 heteroatoms. The zero-order valence-corrected chi connectivity index (χ0v) is 61.5. The van der Waals surface area contributed by atoms with Gasteiger partial charge in [0.2, 0.25) is 5.75 Å². The van der Waals surface area contributed by atoms with Crippen LogP contribution in [0.25, 0.3) is 32.5 Å². The molecule has 9 aromatic rings. The van der Waals surface area contributed by atoms with Gasteiger partial charge in [-0.05, 0) is 126 Å². The number of benzene rings is 5. The van der Waals surface area contributed by atoms with E-state index >= 15 is 0 Å². The molecule has 5 aromatic carbocycles. The van der Waals surface area contributed by atoms with E-state index in [1.54, 1.807) is 65.3 Å². The second-order valence-electron chi connectivity index (χ2n) is 28.5. The van der Waals surface area contributed by atoms with Gasteiger partial charge in [-0.1, -0.05) is 148 Å². The Morgan fingerprint density at radius 3 is 1.55 bits per heavy atom. The lowest BCUT2D eigenvalue weighted by Gasteiger charge is -2.22. The molecule has 4 aromatic heterocycles. The van der Waals surface area contributed by atoms with Crippen molar-refractivity contribution in [2.45, 2.75) is 157 Å². The van der Waals surface area contributed by atoms with Crippen LogP contribution in [0.3, 0.4) is 0 Å².